The molecule has 1 aliphatic rings. The predicted molar refractivity (Wildman–Crippen MR) is 119 cm³/mol. The average molecular weight is 417 g/mol. The van der Waals surface area contributed by atoms with E-state index in [-0.39, 0.29) is 36.2 Å². The number of nitrogens with zero attached hydrogens (tertiary/aromatic N) is 2. The molecule has 3 amide bonds. The van der Waals surface area contributed by atoms with Gasteiger partial charge in [0.1, 0.15) is 0 Å². The Kier molecular flexibility index (Phi) is 9.30. The van der Waals surface area contributed by atoms with Crippen LogP contribution in [0.2, 0.25) is 0 Å². The summed E-state index contributed by atoms with van der Waals surface area (Å²) in [5.74, 6) is -0.332. The number of hydrogen-bond donors (Lipinski definition) is 2. The normalized spacial score (nSPS) is 17.8. The molecule has 0 aliphatic carbocycles. The van der Waals surface area contributed by atoms with Gasteiger partial charge in [-0.25, -0.2) is 0 Å². The topological polar surface area (TPSA) is 81.8 Å². The van der Waals surface area contributed by atoms with E-state index in [0.29, 0.717) is 13.1 Å². The first kappa shape index (κ1) is 23.9. The summed E-state index contributed by atoms with van der Waals surface area (Å²) in [4.78, 5) is 41.2. The third-order valence-electron chi connectivity index (χ3n) is 5.71. The van der Waals surface area contributed by atoms with Gasteiger partial charge in [-0.05, 0) is 50.8 Å². The molecule has 1 fully saturated rings. The van der Waals surface area contributed by atoms with E-state index in [1.807, 2.05) is 45.0 Å². The SMILES string of the molecule is CCCNC(=O)[C@H]1CCCN([C@@H](C)C(=O)N(C)CC(=O)Nc2ccccc2CC)C1. The molecular weight excluding hydrogens is 380 g/mol. The smallest absolute Gasteiger partial charge is 0.243 e. The molecule has 7 nitrogen and oxygen atoms in total. The molecule has 0 spiro atoms. The quantitative estimate of drug-likeness (QED) is 0.647. The molecule has 1 aromatic rings. The lowest BCUT2D eigenvalue weighted by atomic mass is 9.95. The number of rotatable bonds is 9. The highest BCUT2D eigenvalue weighted by Gasteiger charge is 2.32. The highest BCUT2D eigenvalue weighted by molar-refractivity contribution is 5.95. The Morgan fingerprint density at radius 2 is 1.97 bits per heavy atom. The van der Waals surface area contributed by atoms with Crippen LogP contribution in [0.1, 0.15) is 45.6 Å². The summed E-state index contributed by atoms with van der Waals surface area (Å²) in [6.45, 7) is 7.96. The van der Waals surface area contributed by atoms with Crippen molar-refractivity contribution in [1.29, 1.82) is 0 Å². The minimum absolute atomic E-state index is 0.00449. The second-order valence-electron chi connectivity index (χ2n) is 8.05. The number of carbonyl (C=O) groups excluding carboxylic acids is 3. The number of carbonyl (C=O) groups is 3. The zero-order valence-corrected chi connectivity index (χ0v) is 18.7. The molecule has 0 radical (unpaired) electrons. The molecule has 0 saturated carbocycles. The van der Waals surface area contributed by atoms with Gasteiger partial charge in [-0.15, -0.1) is 0 Å². The second kappa shape index (κ2) is 11.7. The van der Waals surface area contributed by atoms with Gasteiger partial charge < -0.3 is 15.5 Å². The van der Waals surface area contributed by atoms with Crippen LogP contribution in [-0.4, -0.2) is 66.8 Å². The Hall–Kier alpha value is -2.41. The Balaban J connectivity index is 1.89. The lowest BCUT2D eigenvalue weighted by Crippen LogP contribution is -2.52. The highest BCUT2D eigenvalue weighted by Crippen LogP contribution is 2.20. The third kappa shape index (κ3) is 6.55. The number of nitrogens with one attached hydrogen (secondary N) is 2. The Morgan fingerprint density at radius 1 is 1.23 bits per heavy atom. The van der Waals surface area contributed by atoms with E-state index in [1.54, 1.807) is 7.05 Å². The van der Waals surface area contributed by atoms with Crippen molar-refractivity contribution in [1.82, 2.24) is 15.1 Å². The van der Waals surface area contributed by atoms with Gasteiger partial charge in [-0.2, -0.15) is 0 Å². The highest BCUT2D eigenvalue weighted by atomic mass is 16.2. The first-order chi connectivity index (χ1) is 14.4. The molecule has 1 aliphatic heterocycles. The second-order valence-corrected chi connectivity index (χ2v) is 8.05. The van der Waals surface area contributed by atoms with Crippen molar-refractivity contribution in [3.8, 4) is 0 Å². The Morgan fingerprint density at radius 3 is 2.67 bits per heavy atom. The summed E-state index contributed by atoms with van der Waals surface area (Å²) in [5.41, 5.74) is 1.85. The molecule has 0 unspecified atom stereocenters. The molecule has 0 bridgehead atoms. The van der Waals surface area contributed by atoms with E-state index in [0.717, 1.165) is 43.5 Å². The summed E-state index contributed by atoms with van der Waals surface area (Å²) in [7, 11) is 1.65. The van der Waals surface area contributed by atoms with Crippen molar-refractivity contribution in [3.05, 3.63) is 29.8 Å². The van der Waals surface area contributed by atoms with Crippen LogP contribution in [0.25, 0.3) is 0 Å². The summed E-state index contributed by atoms with van der Waals surface area (Å²) >= 11 is 0. The van der Waals surface area contributed by atoms with Gasteiger partial charge in [-0.1, -0.05) is 32.0 Å². The van der Waals surface area contributed by atoms with Crippen LogP contribution in [-0.2, 0) is 20.8 Å². The lowest BCUT2D eigenvalue weighted by Gasteiger charge is -2.36. The number of hydrogen-bond acceptors (Lipinski definition) is 4. The van der Waals surface area contributed by atoms with Crippen molar-refractivity contribution < 1.29 is 14.4 Å². The van der Waals surface area contributed by atoms with Crippen molar-refractivity contribution in [3.63, 3.8) is 0 Å². The third-order valence-corrected chi connectivity index (χ3v) is 5.71. The number of likely N-dealkylation sites (tertiary alicyclic amines) is 1. The maximum absolute atomic E-state index is 12.9. The Bertz CT molecular complexity index is 737. The molecule has 2 atom stereocenters. The number of anilines is 1. The number of amides is 3. The largest absolute Gasteiger partial charge is 0.356 e. The van der Waals surface area contributed by atoms with Crippen LogP contribution in [0.15, 0.2) is 24.3 Å². The van der Waals surface area contributed by atoms with E-state index in [2.05, 4.69) is 15.5 Å². The average Bonchev–Trinajstić information content (AvgIpc) is 2.76. The van der Waals surface area contributed by atoms with Crippen LogP contribution in [0.3, 0.4) is 0 Å². The first-order valence-electron chi connectivity index (χ1n) is 11.0. The van der Waals surface area contributed by atoms with Crippen molar-refractivity contribution in [2.75, 3.05) is 38.5 Å². The van der Waals surface area contributed by atoms with Gasteiger partial charge in [0.05, 0.1) is 18.5 Å². The van der Waals surface area contributed by atoms with Gasteiger partial charge >= 0.3 is 0 Å². The van der Waals surface area contributed by atoms with Crippen molar-refractivity contribution >= 4 is 23.4 Å². The fourth-order valence-electron chi connectivity index (χ4n) is 3.87. The van der Waals surface area contributed by atoms with E-state index in [4.69, 9.17) is 0 Å². The fourth-order valence-corrected chi connectivity index (χ4v) is 3.87. The molecule has 166 valence electrons. The van der Waals surface area contributed by atoms with E-state index in [9.17, 15) is 14.4 Å². The molecule has 30 heavy (non-hydrogen) atoms. The number of piperidine rings is 1. The summed E-state index contributed by atoms with van der Waals surface area (Å²) in [5, 5.41) is 5.87. The first-order valence-corrected chi connectivity index (χ1v) is 11.0. The summed E-state index contributed by atoms with van der Waals surface area (Å²) < 4.78 is 0. The van der Waals surface area contributed by atoms with Crippen LogP contribution in [0, 0.1) is 5.92 Å². The monoisotopic (exact) mass is 416 g/mol. The molecule has 2 N–H and O–H groups in total. The molecule has 2 rings (SSSR count). The van der Waals surface area contributed by atoms with Crippen LogP contribution >= 0.6 is 0 Å². The molecule has 0 aromatic heterocycles. The zero-order chi connectivity index (χ0) is 22.1. The van der Waals surface area contributed by atoms with Gasteiger partial charge in [0, 0.05) is 25.8 Å². The number of para-hydroxylation sites is 1. The molecule has 7 heteroatoms. The Labute approximate surface area is 180 Å². The molecule has 1 saturated heterocycles. The molecule has 1 heterocycles. The zero-order valence-electron chi connectivity index (χ0n) is 18.7. The van der Waals surface area contributed by atoms with Crippen molar-refractivity contribution in [2.45, 2.75) is 52.5 Å². The van der Waals surface area contributed by atoms with E-state index < -0.39 is 0 Å². The minimum atomic E-state index is -0.368. The van der Waals surface area contributed by atoms with E-state index >= 15 is 0 Å². The van der Waals surface area contributed by atoms with Crippen LogP contribution in [0.5, 0.6) is 0 Å². The number of likely N-dealkylation sites (N-methyl/N-ethyl adjacent to an activating group) is 1. The van der Waals surface area contributed by atoms with Crippen LogP contribution < -0.4 is 10.6 Å². The van der Waals surface area contributed by atoms with Gasteiger partial charge in [-0.3, -0.25) is 19.3 Å². The fraction of sp³-hybridized carbons (Fsp3) is 0.609. The standard InChI is InChI=1S/C23H36N4O3/c1-5-13-24-22(29)19-11-9-14-27(15-19)17(3)23(30)26(4)16-21(28)25-20-12-8-7-10-18(20)6-2/h7-8,10,12,17,19H,5-6,9,11,13-16H2,1-4H3,(H,24,29)(H,25,28)/t17-,19-/m0/s1. The predicted octanol–water partition coefficient (Wildman–Crippen LogP) is 2.27. The van der Waals surface area contributed by atoms with Gasteiger partial charge in [0.25, 0.3) is 0 Å². The number of benzene rings is 1. The van der Waals surface area contributed by atoms with Gasteiger partial charge in [0.2, 0.25) is 17.7 Å². The van der Waals surface area contributed by atoms with E-state index in [1.165, 1.54) is 4.90 Å². The molecule has 1 aromatic carbocycles. The van der Waals surface area contributed by atoms with Crippen LogP contribution in [0.4, 0.5) is 5.69 Å². The van der Waals surface area contributed by atoms with Gasteiger partial charge in [0.15, 0.2) is 0 Å². The number of aryl methyl sites for hydroxylation is 1. The maximum Gasteiger partial charge on any atom is 0.243 e. The lowest BCUT2D eigenvalue weighted by molar-refractivity contribution is -0.139. The molecular formula is C23H36N4O3. The maximum atomic E-state index is 12.9. The summed E-state index contributed by atoms with van der Waals surface area (Å²) in [6, 6.07) is 7.32. The summed E-state index contributed by atoms with van der Waals surface area (Å²) in [6.07, 6.45) is 3.47. The van der Waals surface area contributed by atoms with Crippen molar-refractivity contribution in [2.24, 2.45) is 5.92 Å². The minimum Gasteiger partial charge on any atom is -0.356 e.